The molecule has 0 spiro atoms. The molecule has 0 N–H and O–H groups in total. The first-order valence-electron chi connectivity index (χ1n) is 4.99. The molecule has 0 saturated carbocycles. The zero-order valence-electron chi connectivity index (χ0n) is 11.6. The van der Waals surface area contributed by atoms with Crippen LogP contribution in [0.3, 0.4) is 0 Å². The van der Waals surface area contributed by atoms with Gasteiger partial charge in [0.25, 0.3) is 0 Å². The summed E-state index contributed by atoms with van der Waals surface area (Å²) in [4.78, 5) is 0. The van der Waals surface area contributed by atoms with Gasteiger partial charge in [-0.1, -0.05) is 0 Å². The van der Waals surface area contributed by atoms with E-state index in [1.54, 1.807) is 7.11 Å². The topological polar surface area (TPSA) is 109 Å². The standard InChI is InChI=1S/C9H14O.5CO.Cr/c1-8-3-5-9(6-4-8)7-10-2;5*1-2;/h3,9H,4-6H2,1-2H3;;;;;;. The van der Waals surface area contributed by atoms with Crippen LogP contribution in [0.4, 0.5) is 0 Å². The fourth-order valence-electron chi connectivity index (χ4n) is 1.35. The van der Waals surface area contributed by atoms with Crippen molar-refractivity contribution >= 4 is 4.57 Å². The molecule has 1 rings (SSSR count). The molecular weight excluding hydrogens is 316 g/mol. The molecule has 112 valence electrons. The first-order chi connectivity index (χ1) is 10.2. The molecule has 1 aliphatic carbocycles. The fraction of sp³-hybridized carbons (Fsp3) is 0.429. The van der Waals surface area contributed by atoms with E-state index < -0.39 is 0 Å². The van der Waals surface area contributed by atoms with E-state index in [0.29, 0.717) is 5.92 Å². The molecule has 0 aromatic rings. The molecule has 0 aromatic heterocycles. The first kappa shape index (κ1) is 32.0. The Bertz CT molecular complexity index is 327. The number of rotatable bonds is 2. The van der Waals surface area contributed by atoms with Gasteiger partial charge in [0.2, 0.25) is 0 Å². The summed E-state index contributed by atoms with van der Waals surface area (Å²) in [6.07, 6.45) is 5.91. The van der Waals surface area contributed by atoms with Gasteiger partial charge in [0, 0.05) is 0 Å². The molecule has 21 heavy (non-hydrogen) atoms. The van der Waals surface area contributed by atoms with Gasteiger partial charge >= 0.3 is 133 Å². The predicted octanol–water partition coefficient (Wildman–Crippen LogP) is 1.87. The van der Waals surface area contributed by atoms with Crippen LogP contribution in [0, 0.1) is 39.2 Å². The second-order valence-electron chi connectivity index (χ2n) is 3.04. The van der Waals surface area contributed by atoms with Crippen molar-refractivity contribution in [2.24, 2.45) is 5.92 Å². The van der Waals surface area contributed by atoms with Crippen LogP contribution < -0.4 is 0 Å². The van der Waals surface area contributed by atoms with Crippen molar-refractivity contribution in [1.82, 2.24) is 0 Å². The van der Waals surface area contributed by atoms with E-state index in [1.165, 1.54) is 18.4 Å². The minimum atomic E-state index is 0.615. The summed E-state index contributed by atoms with van der Waals surface area (Å²) in [7, 11) is 1.73. The number of ether oxygens (including phenoxy) is 1. The third-order valence-electron chi connectivity index (χ3n) is 2.17. The maximum absolute atomic E-state index is 7.50. The summed E-state index contributed by atoms with van der Waals surface area (Å²) in [5, 5.41) is 0. The molecule has 7 heteroatoms. The summed E-state index contributed by atoms with van der Waals surface area (Å²) in [5.74, 6) is 0.615. The molecule has 1 aliphatic rings. The van der Waals surface area contributed by atoms with E-state index in [4.69, 9.17) is 28.0 Å². The summed E-state index contributed by atoms with van der Waals surface area (Å²) in [6.45, 7) is 24.7. The summed E-state index contributed by atoms with van der Waals surface area (Å²) >= 11 is 2.98. The van der Waals surface area contributed by atoms with Crippen molar-refractivity contribution in [3.63, 3.8) is 0 Å². The Labute approximate surface area is 133 Å². The van der Waals surface area contributed by atoms with E-state index in [2.05, 4.69) is 62.1 Å². The SMILES string of the molecule is CO[C](=[Cr])C1CC=C(C)CC1.[C-]#[O+].[C-]#[O+].[C-]#[O+].[C-]#[O+].[C-]#[O+]. The van der Waals surface area contributed by atoms with Gasteiger partial charge in [0.1, 0.15) is 0 Å². The van der Waals surface area contributed by atoms with Gasteiger partial charge in [-0.2, -0.15) is 0 Å². The van der Waals surface area contributed by atoms with Crippen molar-refractivity contribution < 1.29 is 43.8 Å². The Morgan fingerprint density at radius 1 is 1.05 bits per heavy atom. The Morgan fingerprint density at radius 2 is 1.43 bits per heavy atom. The molecule has 0 radical (unpaired) electrons. The fourth-order valence-corrected chi connectivity index (χ4v) is 1.68. The molecule has 0 aromatic carbocycles. The van der Waals surface area contributed by atoms with Gasteiger partial charge < -0.3 is 0 Å². The molecule has 6 nitrogen and oxygen atoms in total. The van der Waals surface area contributed by atoms with Crippen LogP contribution in [0.25, 0.3) is 0 Å². The Hall–Kier alpha value is -1.20. The van der Waals surface area contributed by atoms with Crippen molar-refractivity contribution in [1.29, 1.82) is 0 Å². The van der Waals surface area contributed by atoms with E-state index in [-0.39, 0.29) is 0 Å². The zero-order valence-corrected chi connectivity index (χ0v) is 12.9. The van der Waals surface area contributed by atoms with E-state index in [9.17, 15) is 0 Å². The molecule has 0 saturated heterocycles. The van der Waals surface area contributed by atoms with Gasteiger partial charge in [-0.3, -0.25) is 0 Å². The first-order valence-corrected chi connectivity index (χ1v) is 5.63. The molecule has 1 atom stereocenters. The number of hydrogen-bond donors (Lipinski definition) is 0. The second-order valence-corrected chi connectivity index (χ2v) is 3.67. The molecular formula is C14H14CrO6. The van der Waals surface area contributed by atoms with Crippen LogP contribution in [0.1, 0.15) is 26.2 Å². The Morgan fingerprint density at radius 3 is 1.67 bits per heavy atom. The van der Waals surface area contributed by atoms with Gasteiger partial charge in [-0.05, 0) is 0 Å². The summed E-state index contributed by atoms with van der Waals surface area (Å²) in [5.41, 5.74) is 1.52. The van der Waals surface area contributed by atoms with Gasteiger partial charge in [0.05, 0.1) is 0 Å². The van der Waals surface area contributed by atoms with Crippen LogP contribution in [-0.2, 0) is 43.8 Å². The Kier molecular flexibility index (Phi) is 55.3. The molecule has 0 bridgehead atoms. The molecule has 0 amide bonds. The van der Waals surface area contributed by atoms with E-state index >= 15 is 0 Å². The van der Waals surface area contributed by atoms with Crippen LogP contribution >= 0.6 is 0 Å². The summed E-state index contributed by atoms with van der Waals surface area (Å²) in [6, 6.07) is 0. The monoisotopic (exact) mass is 330 g/mol. The van der Waals surface area contributed by atoms with Crippen LogP contribution in [0.2, 0.25) is 0 Å². The molecule has 0 fully saturated rings. The van der Waals surface area contributed by atoms with Crippen LogP contribution in [-0.4, -0.2) is 11.7 Å². The van der Waals surface area contributed by atoms with Crippen molar-refractivity contribution in [3.05, 3.63) is 44.9 Å². The maximum atomic E-state index is 7.50. The van der Waals surface area contributed by atoms with Crippen LogP contribution in [0.15, 0.2) is 11.6 Å². The number of methoxy groups -OCH3 is 1. The molecule has 0 heterocycles. The number of allylic oxidation sites excluding steroid dienone is 2. The average molecular weight is 330 g/mol. The van der Waals surface area contributed by atoms with Crippen molar-refractivity contribution in [2.75, 3.05) is 7.11 Å². The van der Waals surface area contributed by atoms with Gasteiger partial charge in [-0.15, -0.1) is 0 Å². The second kappa shape index (κ2) is 36.4. The van der Waals surface area contributed by atoms with E-state index in [1.807, 2.05) is 0 Å². The van der Waals surface area contributed by atoms with Crippen molar-refractivity contribution in [3.8, 4) is 0 Å². The van der Waals surface area contributed by atoms with Gasteiger partial charge in [-0.25, -0.2) is 0 Å². The predicted molar refractivity (Wildman–Crippen MR) is 62.8 cm³/mol. The molecule has 0 aliphatic heterocycles. The minimum absolute atomic E-state index is 0.615. The van der Waals surface area contributed by atoms with Gasteiger partial charge in [0.15, 0.2) is 0 Å². The Balaban J connectivity index is -0.0000000727. The quantitative estimate of drug-likeness (QED) is 0.430. The number of hydrogen-bond acceptors (Lipinski definition) is 1. The third kappa shape index (κ3) is 24.2. The third-order valence-corrected chi connectivity index (χ3v) is 2.95. The van der Waals surface area contributed by atoms with Crippen LogP contribution in [0.5, 0.6) is 0 Å². The average Bonchev–Trinajstić information content (AvgIpc) is 2.63. The zero-order chi connectivity index (χ0) is 18.3. The van der Waals surface area contributed by atoms with E-state index in [0.717, 1.165) is 11.0 Å². The summed E-state index contributed by atoms with van der Waals surface area (Å²) < 4.78 is 43.7. The molecule has 1 unspecified atom stereocenters. The normalized spacial score (nSPS) is 13.3. The van der Waals surface area contributed by atoms with Crippen molar-refractivity contribution in [2.45, 2.75) is 26.2 Å².